The molecule has 55 heavy (non-hydrogen) atoms. The van der Waals surface area contributed by atoms with Crippen LogP contribution in [0.2, 0.25) is 0 Å². The van der Waals surface area contributed by atoms with Gasteiger partial charge in [-0.1, -0.05) is 75.3 Å². The van der Waals surface area contributed by atoms with Gasteiger partial charge in [0.05, 0.1) is 38.1 Å². The van der Waals surface area contributed by atoms with E-state index in [-0.39, 0.29) is 53.2 Å². The Hall–Kier alpha value is -1.15. The zero-order valence-electron chi connectivity index (χ0n) is 38.4. The second-order valence-electron chi connectivity index (χ2n) is 18.3. The molecule has 0 amide bonds. The van der Waals surface area contributed by atoms with Gasteiger partial charge in [0.2, 0.25) is 0 Å². The summed E-state index contributed by atoms with van der Waals surface area (Å²) in [6.45, 7) is 41.6. The number of piperidine rings is 2. The van der Waals surface area contributed by atoms with E-state index in [0.29, 0.717) is 19.3 Å². The maximum Gasteiger partial charge on any atom is 1.00 e. The van der Waals surface area contributed by atoms with Crippen molar-refractivity contribution in [2.45, 2.75) is 208 Å². The molecular formula is C46H85LiN2O6. The number of ether oxygens (including phenoxy) is 3. The topological polar surface area (TPSA) is 98.2 Å². The van der Waals surface area contributed by atoms with Crippen molar-refractivity contribution in [2.24, 2.45) is 0 Å². The van der Waals surface area contributed by atoms with Gasteiger partial charge < -0.3 is 29.7 Å². The average Bonchev–Trinajstić information content (AvgIpc) is 3.88. The predicted molar refractivity (Wildman–Crippen MR) is 228 cm³/mol. The van der Waals surface area contributed by atoms with Crippen LogP contribution in [0.3, 0.4) is 0 Å². The van der Waals surface area contributed by atoms with Crippen molar-refractivity contribution in [1.29, 1.82) is 0 Å². The Balaban J connectivity index is 0. The minimum atomic E-state index is -0.418. The standard InChI is InChI=1S/C18H35NO3.C12H23NO3.C11H19.C5H8.Li/c1-7-8-14(2)9-10-15(20)13-22-16-11-17(3,4)19(21)18(5,6)12-16;1-11(2)5-9(15-7-10-8-16-10)6-12(3,4)13(11)14;1-5-7-11(4)9-6-8-10(2)3;1-4-5(2)3;/h8,15-16,20-21H,7,9-13H2,1-6H3;9-10,14H,5-8H2,1-4H3;7-8H,2,5-6,9H2,1,3-4H3;4H,1-2H2,3H3;/q;;-1;;+1/b14-8-;;10-8+,11-7-;;. The zero-order valence-corrected chi connectivity index (χ0v) is 38.4. The molecule has 8 nitrogen and oxygen atoms in total. The summed E-state index contributed by atoms with van der Waals surface area (Å²) in [5.74, 6) is 0. The van der Waals surface area contributed by atoms with E-state index in [1.54, 1.807) is 6.08 Å². The number of aliphatic hydroxyl groups excluding tert-OH is 1. The maximum absolute atomic E-state index is 10.3. The second kappa shape index (κ2) is 26.8. The summed E-state index contributed by atoms with van der Waals surface area (Å²) in [5, 5.41) is 33.4. The Morgan fingerprint density at radius 1 is 0.782 bits per heavy atom. The van der Waals surface area contributed by atoms with E-state index in [1.807, 2.05) is 41.5 Å². The summed E-state index contributed by atoms with van der Waals surface area (Å²) in [5.41, 5.74) is 3.95. The van der Waals surface area contributed by atoms with Gasteiger partial charge in [0.15, 0.2) is 0 Å². The summed E-state index contributed by atoms with van der Waals surface area (Å²) in [7, 11) is 0. The monoisotopic (exact) mass is 769 g/mol. The van der Waals surface area contributed by atoms with Gasteiger partial charge in [0.1, 0.15) is 6.10 Å². The van der Waals surface area contributed by atoms with Crippen LogP contribution in [0.25, 0.3) is 0 Å². The van der Waals surface area contributed by atoms with Gasteiger partial charge in [-0.2, -0.15) is 10.1 Å². The molecule has 9 heteroatoms. The fraction of sp³-hybridized carbons (Fsp3) is 0.761. The van der Waals surface area contributed by atoms with E-state index in [2.05, 4.69) is 93.7 Å². The fourth-order valence-corrected chi connectivity index (χ4v) is 7.17. The molecule has 3 aliphatic heterocycles. The third kappa shape index (κ3) is 24.4. The van der Waals surface area contributed by atoms with Crippen molar-refractivity contribution in [1.82, 2.24) is 10.1 Å². The molecule has 3 saturated heterocycles. The molecule has 0 spiro atoms. The van der Waals surface area contributed by atoms with Crippen LogP contribution in [0, 0.1) is 6.92 Å². The Bertz CT molecular complexity index is 1150. The maximum atomic E-state index is 10.3. The zero-order chi connectivity index (χ0) is 41.9. The number of hydrogen-bond acceptors (Lipinski definition) is 8. The van der Waals surface area contributed by atoms with Gasteiger partial charge in [-0.15, -0.1) is 0 Å². The summed E-state index contributed by atoms with van der Waals surface area (Å²) < 4.78 is 17.0. The SMILES string of the molecule is C=CC(=C)C.CC/C=C(/C)CCC(O)COC1CC(C)(C)N(O)C(C)(C)C1.CC1(C)CC(OCC2CO2)CC(C)(C)N1O.[CH2-]/C(C)=C\CC/C(C)=C\CC.[Li+]. The number of aliphatic hydroxyl groups is 1. The first kappa shape index (κ1) is 55.9. The summed E-state index contributed by atoms with van der Waals surface area (Å²) in [6.07, 6.45) is 18.0. The molecule has 3 heterocycles. The van der Waals surface area contributed by atoms with Crippen molar-refractivity contribution in [2.75, 3.05) is 19.8 Å². The van der Waals surface area contributed by atoms with Gasteiger partial charge in [-0.05, 0) is 134 Å². The van der Waals surface area contributed by atoms with Crippen molar-refractivity contribution in [3.63, 3.8) is 0 Å². The second-order valence-corrected chi connectivity index (χ2v) is 18.3. The first-order valence-corrected chi connectivity index (χ1v) is 20.4. The molecular weight excluding hydrogens is 683 g/mol. The molecule has 0 aromatic heterocycles. The van der Waals surface area contributed by atoms with Crippen LogP contribution in [0.15, 0.2) is 59.8 Å². The van der Waals surface area contributed by atoms with Crippen LogP contribution in [0.4, 0.5) is 0 Å². The van der Waals surface area contributed by atoms with Crippen molar-refractivity contribution < 1.29 is 48.6 Å². The largest absolute Gasteiger partial charge is 1.00 e. The molecule has 3 aliphatic rings. The van der Waals surface area contributed by atoms with Crippen LogP contribution in [0.1, 0.15) is 161 Å². The van der Waals surface area contributed by atoms with Crippen molar-refractivity contribution in [3.05, 3.63) is 66.7 Å². The molecule has 0 bridgehead atoms. The molecule has 0 saturated carbocycles. The van der Waals surface area contributed by atoms with Crippen LogP contribution in [-0.4, -0.2) is 92.0 Å². The van der Waals surface area contributed by atoms with Crippen LogP contribution in [0.5, 0.6) is 0 Å². The van der Waals surface area contributed by atoms with Gasteiger partial charge in [-0.3, -0.25) is 0 Å². The molecule has 3 rings (SSSR count). The molecule has 3 fully saturated rings. The van der Waals surface area contributed by atoms with E-state index in [4.69, 9.17) is 14.2 Å². The Morgan fingerprint density at radius 2 is 1.16 bits per heavy atom. The fourth-order valence-electron chi connectivity index (χ4n) is 7.17. The van der Waals surface area contributed by atoms with Crippen LogP contribution in [-0.2, 0) is 14.2 Å². The number of allylic oxidation sites excluding steroid dienone is 8. The van der Waals surface area contributed by atoms with E-state index >= 15 is 0 Å². The smallest absolute Gasteiger partial charge is 0.391 e. The number of hydrogen-bond donors (Lipinski definition) is 3. The third-order valence-electron chi connectivity index (χ3n) is 10.0. The Morgan fingerprint density at radius 3 is 1.51 bits per heavy atom. The quantitative estimate of drug-likeness (QED) is 0.0503. The molecule has 2 unspecified atom stereocenters. The molecule has 0 aliphatic carbocycles. The van der Waals surface area contributed by atoms with E-state index in [0.717, 1.165) is 70.0 Å². The van der Waals surface area contributed by atoms with Gasteiger partial charge in [-0.25, -0.2) is 18.6 Å². The Kier molecular flexibility index (Phi) is 27.2. The molecule has 0 radical (unpaired) electrons. The molecule has 0 aromatic rings. The van der Waals surface area contributed by atoms with Gasteiger partial charge >= 0.3 is 18.9 Å². The van der Waals surface area contributed by atoms with Crippen LogP contribution >= 0.6 is 0 Å². The molecule has 2 atom stereocenters. The van der Waals surface area contributed by atoms with Crippen molar-refractivity contribution in [3.8, 4) is 0 Å². The molecule has 3 N–H and O–H groups in total. The number of rotatable bonds is 15. The van der Waals surface area contributed by atoms with Gasteiger partial charge in [0.25, 0.3) is 0 Å². The molecule has 316 valence electrons. The van der Waals surface area contributed by atoms with Crippen molar-refractivity contribution >= 4 is 0 Å². The van der Waals surface area contributed by atoms with E-state index < -0.39 is 6.10 Å². The average molecular weight is 769 g/mol. The first-order chi connectivity index (χ1) is 24.8. The summed E-state index contributed by atoms with van der Waals surface area (Å²) in [6, 6.07) is 0. The molecule has 0 aromatic carbocycles. The van der Waals surface area contributed by atoms with E-state index in [9.17, 15) is 15.5 Å². The number of hydroxylamine groups is 4. The minimum absolute atomic E-state index is 0. The van der Waals surface area contributed by atoms with Crippen LogP contribution < -0.4 is 18.9 Å². The number of epoxide rings is 1. The summed E-state index contributed by atoms with van der Waals surface area (Å²) >= 11 is 0. The Labute approximate surface area is 351 Å². The van der Waals surface area contributed by atoms with Gasteiger partial charge in [0, 0.05) is 22.2 Å². The normalized spacial score (nSPS) is 23.0. The number of nitrogens with zero attached hydrogens (tertiary/aromatic N) is 2. The predicted octanol–water partition coefficient (Wildman–Crippen LogP) is 8.38. The van der Waals surface area contributed by atoms with E-state index in [1.165, 1.54) is 33.3 Å². The minimum Gasteiger partial charge on any atom is -0.391 e. The third-order valence-corrected chi connectivity index (χ3v) is 10.0. The first-order valence-electron chi connectivity index (χ1n) is 20.4. The summed E-state index contributed by atoms with van der Waals surface area (Å²) in [4.78, 5) is 0.